The Balaban J connectivity index is 1.93. The zero-order valence-electron chi connectivity index (χ0n) is 11.1. The van der Waals surface area contributed by atoms with E-state index in [1.165, 1.54) is 17.2 Å². The van der Waals surface area contributed by atoms with E-state index in [0.29, 0.717) is 11.2 Å². The van der Waals surface area contributed by atoms with Crippen molar-refractivity contribution < 1.29 is 29.6 Å². The Labute approximate surface area is 124 Å². The number of aliphatic hydroxyl groups is 2. The number of nitrogens with zero attached hydrogens (tertiary/aromatic N) is 4. The van der Waals surface area contributed by atoms with Crippen LogP contribution < -0.4 is 5.73 Å². The van der Waals surface area contributed by atoms with E-state index in [2.05, 4.69) is 15.0 Å². The Hall–Kier alpha value is -1.46. The maximum absolute atomic E-state index is 10.1. The number of hydrogen-bond donors (Lipinski definition) is 6. The number of hydrogen-bond acceptors (Lipinski definition) is 10. The van der Waals surface area contributed by atoms with Crippen molar-refractivity contribution in [2.24, 2.45) is 0 Å². The van der Waals surface area contributed by atoms with Gasteiger partial charge in [-0.15, -0.1) is 0 Å². The molecule has 0 bridgehead atoms. The molecule has 1 saturated heterocycles. The minimum Gasteiger partial charge on any atom is -0.387 e. The van der Waals surface area contributed by atoms with Crippen molar-refractivity contribution in [2.45, 2.75) is 24.5 Å². The summed E-state index contributed by atoms with van der Waals surface area (Å²) in [5, 5.41) is 20.0. The number of nitrogen functional groups attached to an aromatic ring is 1. The second kappa shape index (κ2) is 5.32. The Bertz CT molecular complexity index is 690. The second-order valence-electron chi connectivity index (χ2n) is 5.00. The van der Waals surface area contributed by atoms with Gasteiger partial charge < -0.3 is 20.7 Å². The lowest BCUT2D eigenvalue weighted by Crippen LogP contribution is -2.33. The molecule has 2 aromatic rings. The summed E-state index contributed by atoms with van der Waals surface area (Å²) in [7, 11) is -4.15. The molecule has 11 nitrogen and oxygen atoms in total. The fourth-order valence-corrected chi connectivity index (χ4v) is 3.19. The van der Waals surface area contributed by atoms with Crippen molar-refractivity contribution in [1.29, 1.82) is 0 Å². The third-order valence-corrected chi connectivity index (χ3v) is 4.27. The van der Waals surface area contributed by atoms with E-state index in [4.69, 9.17) is 25.2 Å². The van der Waals surface area contributed by atoms with Crippen molar-refractivity contribution in [2.75, 3.05) is 11.9 Å². The number of rotatable bonds is 3. The standard InChI is InChI=1S/C10H15N5O6P/c11-8-5-9(13-2-12-8)15(3-14-5)10-7(17)6(16)4(21-10)1-22(18,19)20/h2-4,6-7,10,16-20H,1H2,(H2,11,12,13)/q+1/t4-,6?,7?,10-/m1/s1. The number of imidazole rings is 1. The molecule has 1 aliphatic rings. The van der Waals surface area contributed by atoms with E-state index in [9.17, 15) is 10.2 Å². The highest BCUT2D eigenvalue weighted by Gasteiger charge is 2.50. The lowest BCUT2D eigenvalue weighted by molar-refractivity contribution is -0.0303. The van der Waals surface area contributed by atoms with Gasteiger partial charge in [-0.3, -0.25) is 4.57 Å². The Morgan fingerprint density at radius 1 is 1.18 bits per heavy atom. The van der Waals surface area contributed by atoms with E-state index in [1.807, 2.05) is 0 Å². The second-order valence-corrected chi connectivity index (χ2v) is 6.75. The van der Waals surface area contributed by atoms with Crippen LogP contribution in [0.15, 0.2) is 12.7 Å². The van der Waals surface area contributed by atoms with Crippen LogP contribution in [0.4, 0.5) is 5.82 Å². The maximum Gasteiger partial charge on any atom is 0.406 e. The molecular weight excluding hydrogens is 317 g/mol. The van der Waals surface area contributed by atoms with E-state index < -0.39 is 38.6 Å². The number of aromatic nitrogens is 4. The van der Waals surface area contributed by atoms with Crippen LogP contribution in [-0.2, 0) is 4.74 Å². The van der Waals surface area contributed by atoms with Crippen LogP contribution in [0.25, 0.3) is 11.2 Å². The van der Waals surface area contributed by atoms with Crippen molar-refractivity contribution in [1.82, 2.24) is 19.5 Å². The SMILES string of the molecule is Nc1ncnc2c1ncn2[C@@H]1O[C@H](C[P+](O)(O)O)C(O)C1O. The molecule has 0 radical (unpaired) electrons. The average Bonchev–Trinajstić information content (AvgIpc) is 2.95. The summed E-state index contributed by atoms with van der Waals surface area (Å²) in [4.78, 5) is 39.1. The van der Waals surface area contributed by atoms with Gasteiger partial charge in [0.1, 0.15) is 30.2 Å². The van der Waals surface area contributed by atoms with Crippen LogP contribution in [0.3, 0.4) is 0 Å². The van der Waals surface area contributed by atoms with E-state index in [0.717, 1.165) is 0 Å². The summed E-state index contributed by atoms with van der Waals surface area (Å²) in [6.45, 7) is 0. The highest BCUT2D eigenvalue weighted by Crippen LogP contribution is 2.48. The zero-order valence-corrected chi connectivity index (χ0v) is 12.0. The van der Waals surface area contributed by atoms with Crippen molar-refractivity contribution in [3.05, 3.63) is 12.7 Å². The summed E-state index contributed by atoms with van der Waals surface area (Å²) in [6.07, 6.45) is -3.05. The topological polar surface area (TPSA) is 180 Å². The quantitative estimate of drug-likeness (QED) is 0.337. The molecule has 7 N–H and O–H groups in total. The molecule has 3 heterocycles. The molecule has 0 saturated carbocycles. The van der Waals surface area contributed by atoms with Crippen molar-refractivity contribution in [3.63, 3.8) is 0 Å². The molecule has 0 aliphatic carbocycles. The molecule has 12 heteroatoms. The molecule has 1 fully saturated rings. The highest BCUT2D eigenvalue weighted by atomic mass is 31.2. The third kappa shape index (κ3) is 2.63. The minimum absolute atomic E-state index is 0.152. The van der Waals surface area contributed by atoms with Gasteiger partial charge in [0, 0.05) is 0 Å². The van der Waals surface area contributed by atoms with Crippen molar-refractivity contribution >= 4 is 24.9 Å². The Morgan fingerprint density at radius 2 is 1.91 bits per heavy atom. The van der Waals surface area contributed by atoms with Crippen LogP contribution in [0, 0.1) is 0 Å². The molecule has 1 aliphatic heterocycles. The predicted molar refractivity (Wildman–Crippen MR) is 74.1 cm³/mol. The minimum atomic E-state index is -4.15. The maximum atomic E-state index is 10.1. The molecule has 2 aromatic heterocycles. The molecule has 0 aromatic carbocycles. The fraction of sp³-hybridized carbons (Fsp3) is 0.500. The first-order valence-electron chi connectivity index (χ1n) is 6.29. The van der Waals surface area contributed by atoms with Crippen LogP contribution in [0.1, 0.15) is 6.23 Å². The van der Waals surface area contributed by atoms with Gasteiger partial charge in [0.15, 0.2) is 23.9 Å². The smallest absolute Gasteiger partial charge is 0.387 e. The van der Waals surface area contributed by atoms with Gasteiger partial charge in [-0.25, -0.2) is 15.0 Å². The summed E-state index contributed by atoms with van der Waals surface area (Å²) >= 11 is 0. The lowest BCUT2D eigenvalue weighted by atomic mass is 10.1. The molecule has 0 amide bonds. The average molecular weight is 332 g/mol. The molecule has 120 valence electrons. The summed E-state index contributed by atoms with van der Waals surface area (Å²) < 4.78 is 6.78. The fourth-order valence-electron chi connectivity index (χ4n) is 2.41. The normalized spacial score (nSPS) is 29.3. The molecule has 2 unspecified atom stereocenters. The van der Waals surface area contributed by atoms with Gasteiger partial charge in [-0.1, -0.05) is 0 Å². The van der Waals surface area contributed by atoms with Gasteiger partial charge in [-0.05, 0) is 0 Å². The van der Waals surface area contributed by atoms with Gasteiger partial charge in [0.05, 0.1) is 6.33 Å². The number of anilines is 1. The molecule has 3 rings (SSSR count). The number of aliphatic hydroxyl groups excluding tert-OH is 2. The largest absolute Gasteiger partial charge is 0.406 e. The number of ether oxygens (including phenoxy) is 1. The van der Waals surface area contributed by atoms with Crippen LogP contribution in [0.2, 0.25) is 0 Å². The first kappa shape index (κ1) is 15.4. The van der Waals surface area contributed by atoms with E-state index in [-0.39, 0.29) is 5.82 Å². The number of fused-ring (bicyclic) bond motifs is 1. The summed E-state index contributed by atoms with van der Waals surface area (Å²) in [5.41, 5.74) is 6.27. The predicted octanol–water partition coefficient (Wildman–Crippen LogP) is -2.23. The van der Waals surface area contributed by atoms with E-state index in [1.54, 1.807) is 0 Å². The van der Waals surface area contributed by atoms with Crippen LogP contribution >= 0.6 is 7.94 Å². The first-order valence-corrected chi connectivity index (χ1v) is 8.12. The van der Waals surface area contributed by atoms with Gasteiger partial charge in [-0.2, -0.15) is 14.7 Å². The third-order valence-electron chi connectivity index (χ3n) is 3.42. The summed E-state index contributed by atoms with van der Waals surface area (Å²) in [6, 6.07) is 0. The Morgan fingerprint density at radius 3 is 2.59 bits per heavy atom. The first-order chi connectivity index (χ1) is 10.3. The van der Waals surface area contributed by atoms with Gasteiger partial charge in [0.2, 0.25) is 0 Å². The lowest BCUT2D eigenvalue weighted by Gasteiger charge is -2.16. The molecule has 0 spiro atoms. The zero-order chi connectivity index (χ0) is 16.1. The Kier molecular flexibility index (Phi) is 3.73. The van der Waals surface area contributed by atoms with Crippen LogP contribution in [0.5, 0.6) is 0 Å². The van der Waals surface area contributed by atoms with Gasteiger partial charge in [0.25, 0.3) is 0 Å². The van der Waals surface area contributed by atoms with Crippen molar-refractivity contribution in [3.8, 4) is 0 Å². The molecule has 4 atom stereocenters. The highest BCUT2D eigenvalue weighted by molar-refractivity contribution is 7.58. The monoisotopic (exact) mass is 332 g/mol. The molecular formula is C10H15N5O6P+. The van der Waals surface area contributed by atoms with Gasteiger partial charge >= 0.3 is 7.94 Å². The summed E-state index contributed by atoms with van der Waals surface area (Å²) in [5.74, 6) is 0.152. The van der Waals surface area contributed by atoms with Crippen LogP contribution in [-0.4, -0.2) is 68.9 Å². The number of nitrogens with two attached hydrogens (primary N) is 1. The molecule has 22 heavy (non-hydrogen) atoms. The van der Waals surface area contributed by atoms with E-state index >= 15 is 0 Å².